The van der Waals surface area contributed by atoms with Gasteiger partial charge in [-0.25, -0.2) is 4.68 Å². The molecule has 1 N–H and O–H groups in total. The average Bonchev–Trinajstić information content (AvgIpc) is 3.10. The summed E-state index contributed by atoms with van der Waals surface area (Å²) in [7, 11) is 0. The van der Waals surface area contributed by atoms with Crippen LogP contribution in [0.1, 0.15) is 25.7 Å². The lowest BCUT2D eigenvalue weighted by molar-refractivity contribution is -0.137. The van der Waals surface area contributed by atoms with Crippen LogP contribution in [0.2, 0.25) is 0 Å². The minimum atomic E-state index is -1.01. The molecule has 1 aromatic heterocycles. The highest BCUT2D eigenvalue weighted by atomic mass is 16.4. The summed E-state index contributed by atoms with van der Waals surface area (Å²) in [5.41, 5.74) is 0.577. The number of aliphatic carboxylic acids is 1. The Morgan fingerprint density at radius 2 is 1.80 bits per heavy atom. The second-order valence-electron chi connectivity index (χ2n) is 7.49. The van der Waals surface area contributed by atoms with Gasteiger partial charge >= 0.3 is 5.97 Å². The zero-order valence-electron chi connectivity index (χ0n) is 16.0. The zero-order chi connectivity index (χ0) is 20.9. The Labute approximate surface area is 171 Å². The third kappa shape index (κ3) is 2.57. The van der Waals surface area contributed by atoms with Gasteiger partial charge in [0.25, 0.3) is 5.56 Å². The van der Waals surface area contributed by atoms with Crippen LogP contribution in [0.4, 0.5) is 5.69 Å². The van der Waals surface area contributed by atoms with Gasteiger partial charge in [-0.1, -0.05) is 42.5 Å². The van der Waals surface area contributed by atoms with Crippen LogP contribution in [0.15, 0.2) is 59.4 Å². The maximum atomic E-state index is 12.9. The number of anilines is 1. The van der Waals surface area contributed by atoms with E-state index in [2.05, 4.69) is 10.1 Å². The molecule has 0 radical (unpaired) electrons. The van der Waals surface area contributed by atoms with Crippen molar-refractivity contribution >= 4 is 17.6 Å². The molecular formula is C22H18N4O4. The SMILES string of the molecule is O=C(O)CCC12CCC(=O)N1c1ccccc1-c1nc(=O)c(-c3ccccc3)nn12. The molecule has 30 heavy (non-hydrogen) atoms. The first-order chi connectivity index (χ1) is 14.5. The number of hydrogen-bond acceptors (Lipinski definition) is 5. The summed E-state index contributed by atoms with van der Waals surface area (Å²) in [6.45, 7) is 0. The Hall–Kier alpha value is -3.81. The van der Waals surface area contributed by atoms with Crippen LogP contribution < -0.4 is 10.5 Å². The fraction of sp³-hybridized carbons (Fsp3) is 0.227. The Kier molecular flexibility index (Phi) is 4.02. The molecule has 1 unspecified atom stereocenters. The Balaban J connectivity index is 1.81. The third-order valence-corrected chi connectivity index (χ3v) is 5.78. The number of benzene rings is 2. The van der Waals surface area contributed by atoms with E-state index in [9.17, 15) is 19.5 Å². The van der Waals surface area contributed by atoms with Gasteiger partial charge in [-0.3, -0.25) is 19.3 Å². The summed E-state index contributed by atoms with van der Waals surface area (Å²) in [4.78, 5) is 43.2. The first kappa shape index (κ1) is 18.2. The first-order valence-electron chi connectivity index (χ1n) is 9.73. The largest absolute Gasteiger partial charge is 0.481 e. The summed E-state index contributed by atoms with van der Waals surface area (Å²) in [6.07, 6.45) is 0.690. The molecule has 8 heteroatoms. The molecule has 3 aromatic rings. The predicted molar refractivity (Wildman–Crippen MR) is 109 cm³/mol. The summed E-state index contributed by atoms with van der Waals surface area (Å²) in [5.74, 6) is -0.701. The lowest BCUT2D eigenvalue weighted by Gasteiger charge is -2.44. The number of carbonyl (C=O) groups excluding carboxylic acids is 1. The van der Waals surface area contributed by atoms with Crippen LogP contribution >= 0.6 is 0 Å². The van der Waals surface area contributed by atoms with Gasteiger partial charge < -0.3 is 5.11 Å². The fourth-order valence-electron chi connectivity index (χ4n) is 4.46. The van der Waals surface area contributed by atoms with Crippen molar-refractivity contribution in [1.82, 2.24) is 14.8 Å². The molecule has 2 aliphatic heterocycles. The van der Waals surface area contributed by atoms with E-state index in [1.165, 1.54) is 0 Å². The van der Waals surface area contributed by atoms with Gasteiger partial charge in [0.2, 0.25) is 5.91 Å². The van der Waals surface area contributed by atoms with Crippen molar-refractivity contribution in [3.63, 3.8) is 0 Å². The van der Waals surface area contributed by atoms with Crippen LogP contribution in [0, 0.1) is 0 Å². The summed E-state index contributed by atoms with van der Waals surface area (Å²) < 4.78 is 1.60. The van der Waals surface area contributed by atoms with E-state index in [0.717, 1.165) is 0 Å². The van der Waals surface area contributed by atoms with Crippen LogP contribution in [0.3, 0.4) is 0 Å². The number of hydrogen-bond donors (Lipinski definition) is 1. The minimum absolute atomic E-state index is 0.0970. The first-order valence-corrected chi connectivity index (χ1v) is 9.73. The Bertz CT molecular complexity index is 1240. The number of fused-ring (bicyclic) bond motifs is 6. The van der Waals surface area contributed by atoms with Gasteiger partial charge in [-0.2, -0.15) is 10.1 Å². The second kappa shape index (κ2) is 6.62. The Morgan fingerprint density at radius 1 is 1.07 bits per heavy atom. The summed E-state index contributed by atoms with van der Waals surface area (Å²) in [5, 5.41) is 14.0. The van der Waals surface area contributed by atoms with Crippen LogP contribution in [-0.2, 0) is 15.3 Å². The van der Waals surface area contributed by atoms with Crippen LogP contribution in [-0.4, -0.2) is 31.7 Å². The molecule has 1 amide bonds. The van der Waals surface area contributed by atoms with Crippen molar-refractivity contribution in [1.29, 1.82) is 0 Å². The maximum absolute atomic E-state index is 12.9. The van der Waals surface area contributed by atoms with Crippen LogP contribution in [0.5, 0.6) is 0 Å². The van der Waals surface area contributed by atoms with Gasteiger partial charge in [0.15, 0.2) is 11.5 Å². The average molecular weight is 402 g/mol. The normalized spacial score (nSPS) is 19.2. The number of carboxylic acids is 1. The van der Waals surface area contributed by atoms with Gasteiger partial charge in [-0.05, 0) is 12.1 Å². The molecule has 1 saturated heterocycles. The number of rotatable bonds is 4. The van der Waals surface area contributed by atoms with Crippen molar-refractivity contribution in [2.45, 2.75) is 31.3 Å². The van der Waals surface area contributed by atoms with Gasteiger partial charge in [0.1, 0.15) is 5.66 Å². The number of nitrogens with zero attached hydrogens (tertiary/aromatic N) is 4. The van der Waals surface area contributed by atoms with E-state index >= 15 is 0 Å². The lowest BCUT2D eigenvalue weighted by atomic mass is 9.95. The number of carbonyl (C=O) groups is 2. The summed E-state index contributed by atoms with van der Waals surface area (Å²) in [6, 6.07) is 16.2. The quantitative estimate of drug-likeness (QED) is 0.719. The van der Waals surface area contributed by atoms with Crippen molar-refractivity contribution < 1.29 is 14.7 Å². The second-order valence-corrected chi connectivity index (χ2v) is 7.49. The number of carboxylic acid groups (broad SMARTS) is 1. The number of para-hydroxylation sites is 1. The molecule has 2 aromatic carbocycles. The predicted octanol–water partition coefficient (Wildman–Crippen LogP) is 2.63. The molecule has 1 atom stereocenters. The molecule has 0 saturated carbocycles. The maximum Gasteiger partial charge on any atom is 0.303 e. The highest BCUT2D eigenvalue weighted by Gasteiger charge is 2.53. The molecule has 1 fully saturated rings. The van der Waals surface area contributed by atoms with E-state index in [4.69, 9.17) is 0 Å². The lowest BCUT2D eigenvalue weighted by Crippen LogP contribution is -2.53. The standard InChI is InChI=1S/C22H18N4O4/c27-17-10-12-22(13-11-18(28)29)25(17)16-9-5-4-8-15(16)20-23-21(30)19(24-26(20)22)14-6-2-1-3-7-14/h1-9H,10-13H2,(H,28,29). The van der Waals surface area contributed by atoms with Crippen molar-refractivity contribution in [3.05, 3.63) is 65.0 Å². The molecule has 2 aliphatic rings. The minimum Gasteiger partial charge on any atom is -0.481 e. The Morgan fingerprint density at radius 3 is 2.57 bits per heavy atom. The van der Waals surface area contributed by atoms with E-state index < -0.39 is 17.2 Å². The van der Waals surface area contributed by atoms with Gasteiger partial charge in [0.05, 0.1) is 5.69 Å². The molecule has 8 nitrogen and oxygen atoms in total. The molecule has 0 bridgehead atoms. The van der Waals surface area contributed by atoms with Gasteiger partial charge in [-0.15, -0.1) is 0 Å². The van der Waals surface area contributed by atoms with Gasteiger partial charge in [0, 0.05) is 36.8 Å². The van der Waals surface area contributed by atoms with E-state index in [1.807, 2.05) is 30.3 Å². The van der Waals surface area contributed by atoms with Crippen LogP contribution in [0.25, 0.3) is 22.6 Å². The monoisotopic (exact) mass is 402 g/mol. The highest BCUT2D eigenvalue weighted by Crippen LogP contribution is 2.49. The third-order valence-electron chi connectivity index (χ3n) is 5.78. The van der Waals surface area contributed by atoms with Crippen molar-refractivity contribution in [2.24, 2.45) is 0 Å². The molecular weight excluding hydrogens is 384 g/mol. The van der Waals surface area contributed by atoms with Crippen molar-refractivity contribution in [2.75, 3.05) is 4.90 Å². The number of aromatic nitrogens is 3. The zero-order valence-corrected chi connectivity index (χ0v) is 16.0. The highest BCUT2D eigenvalue weighted by molar-refractivity contribution is 6.01. The molecule has 5 rings (SSSR count). The smallest absolute Gasteiger partial charge is 0.303 e. The molecule has 0 aliphatic carbocycles. The molecule has 3 heterocycles. The van der Waals surface area contributed by atoms with E-state index in [1.54, 1.807) is 33.8 Å². The fourth-order valence-corrected chi connectivity index (χ4v) is 4.46. The van der Waals surface area contributed by atoms with E-state index in [-0.39, 0.29) is 30.9 Å². The molecule has 150 valence electrons. The number of amides is 1. The van der Waals surface area contributed by atoms with Crippen molar-refractivity contribution in [3.8, 4) is 22.6 Å². The topological polar surface area (TPSA) is 105 Å². The summed E-state index contributed by atoms with van der Waals surface area (Å²) >= 11 is 0. The van der Waals surface area contributed by atoms with E-state index in [0.29, 0.717) is 29.1 Å². The molecule has 0 spiro atoms.